The lowest BCUT2D eigenvalue weighted by atomic mass is 9.90. The van der Waals surface area contributed by atoms with E-state index in [0.717, 1.165) is 18.4 Å². The van der Waals surface area contributed by atoms with E-state index in [-0.39, 0.29) is 0 Å². The van der Waals surface area contributed by atoms with Crippen LogP contribution in [0.15, 0.2) is 0 Å². The van der Waals surface area contributed by atoms with Gasteiger partial charge in [0.2, 0.25) is 0 Å². The standard InChI is InChI=1S/C15H34N2/c1-11(2)8-13(5)15(10-16)17(7)14(6)9-12(3)4/h11-15H,8-10,16H2,1-7H3. The summed E-state index contributed by atoms with van der Waals surface area (Å²) in [6, 6.07) is 1.14. The van der Waals surface area contributed by atoms with Gasteiger partial charge in [-0.1, -0.05) is 34.6 Å². The molecule has 3 unspecified atom stereocenters. The van der Waals surface area contributed by atoms with Crippen LogP contribution in [-0.2, 0) is 0 Å². The summed E-state index contributed by atoms with van der Waals surface area (Å²) in [7, 11) is 2.24. The molecule has 2 N–H and O–H groups in total. The van der Waals surface area contributed by atoms with Gasteiger partial charge in [0.05, 0.1) is 0 Å². The Balaban J connectivity index is 4.42. The number of nitrogens with zero attached hydrogens (tertiary/aromatic N) is 1. The number of hydrogen-bond donors (Lipinski definition) is 1. The molecule has 0 heterocycles. The first-order chi connectivity index (χ1) is 7.79. The third-order valence-corrected chi connectivity index (χ3v) is 3.77. The zero-order chi connectivity index (χ0) is 13.6. The molecule has 0 aromatic carbocycles. The van der Waals surface area contributed by atoms with Gasteiger partial charge in [-0.25, -0.2) is 0 Å². The van der Waals surface area contributed by atoms with E-state index in [1.54, 1.807) is 0 Å². The molecule has 0 aliphatic carbocycles. The second kappa shape index (κ2) is 8.10. The van der Waals surface area contributed by atoms with Crippen molar-refractivity contribution in [3.63, 3.8) is 0 Å². The van der Waals surface area contributed by atoms with Crippen LogP contribution in [0.3, 0.4) is 0 Å². The number of likely N-dealkylation sites (N-methyl/N-ethyl adjacent to an activating group) is 1. The molecular formula is C15H34N2. The Morgan fingerprint density at radius 3 is 1.71 bits per heavy atom. The van der Waals surface area contributed by atoms with Crippen LogP contribution < -0.4 is 5.73 Å². The smallest absolute Gasteiger partial charge is 0.0243 e. The maximum absolute atomic E-state index is 5.98. The van der Waals surface area contributed by atoms with Crippen LogP contribution in [-0.4, -0.2) is 30.6 Å². The minimum atomic E-state index is 0.520. The van der Waals surface area contributed by atoms with Crippen LogP contribution in [0.4, 0.5) is 0 Å². The molecule has 0 radical (unpaired) electrons. The molecule has 2 heteroatoms. The SMILES string of the molecule is CC(C)CC(C)C(CN)N(C)C(C)CC(C)C. The first kappa shape index (κ1) is 16.9. The first-order valence-electron chi connectivity index (χ1n) is 7.21. The minimum Gasteiger partial charge on any atom is -0.329 e. The summed E-state index contributed by atoms with van der Waals surface area (Å²) in [4.78, 5) is 2.49. The van der Waals surface area contributed by atoms with Crippen molar-refractivity contribution < 1.29 is 0 Å². The van der Waals surface area contributed by atoms with E-state index in [1.807, 2.05) is 0 Å². The van der Waals surface area contributed by atoms with Gasteiger partial charge in [-0.3, -0.25) is 4.90 Å². The third-order valence-electron chi connectivity index (χ3n) is 3.77. The normalized spacial score (nSPS) is 17.8. The number of nitrogens with two attached hydrogens (primary N) is 1. The van der Waals surface area contributed by atoms with E-state index < -0.39 is 0 Å². The van der Waals surface area contributed by atoms with E-state index in [0.29, 0.717) is 18.0 Å². The predicted octanol–water partition coefficient (Wildman–Crippen LogP) is 3.36. The highest BCUT2D eigenvalue weighted by Crippen LogP contribution is 2.21. The average Bonchev–Trinajstić information content (AvgIpc) is 2.16. The van der Waals surface area contributed by atoms with Crippen molar-refractivity contribution in [1.82, 2.24) is 4.90 Å². The molecular weight excluding hydrogens is 208 g/mol. The molecule has 104 valence electrons. The maximum atomic E-state index is 5.98. The van der Waals surface area contributed by atoms with Gasteiger partial charge in [0.1, 0.15) is 0 Å². The predicted molar refractivity (Wildman–Crippen MR) is 78.1 cm³/mol. The molecule has 3 atom stereocenters. The van der Waals surface area contributed by atoms with Gasteiger partial charge in [0.15, 0.2) is 0 Å². The summed E-state index contributed by atoms with van der Waals surface area (Å²) in [5.41, 5.74) is 5.98. The molecule has 0 fully saturated rings. The van der Waals surface area contributed by atoms with Crippen molar-refractivity contribution in [2.45, 2.75) is 66.5 Å². The molecule has 0 saturated carbocycles. The van der Waals surface area contributed by atoms with Crippen LogP contribution in [0.25, 0.3) is 0 Å². The summed E-state index contributed by atoms with van der Waals surface area (Å²) >= 11 is 0. The molecule has 0 aromatic heterocycles. The van der Waals surface area contributed by atoms with Crippen LogP contribution in [0.1, 0.15) is 54.4 Å². The van der Waals surface area contributed by atoms with Crippen LogP contribution in [0, 0.1) is 17.8 Å². The van der Waals surface area contributed by atoms with Gasteiger partial charge < -0.3 is 5.73 Å². The summed E-state index contributed by atoms with van der Waals surface area (Å²) in [6.45, 7) is 14.6. The molecule has 0 saturated heterocycles. The highest BCUT2D eigenvalue weighted by atomic mass is 15.2. The molecule has 0 spiro atoms. The van der Waals surface area contributed by atoms with Crippen molar-refractivity contribution >= 4 is 0 Å². The second-order valence-electron chi connectivity index (χ2n) is 6.55. The molecule has 0 aliphatic heterocycles. The third kappa shape index (κ3) is 6.42. The van der Waals surface area contributed by atoms with Crippen molar-refractivity contribution in [2.75, 3.05) is 13.6 Å². The molecule has 0 bridgehead atoms. The fourth-order valence-electron chi connectivity index (χ4n) is 2.88. The Labute approximate surface area is 109 Å². The lowest BCUT2D eigenvalue weighted by molar-refractivity contribution is 0.119. The Morgan fingerprint density at radius 2 is 1.35 bits per heavy atom. The maximum Gasteiger partial charge on any atom is 0.0243 e. The molecule has 17 heavy (non-hydrogen) atoms. The van der Waals surface area contributed by atoms with E-state index in [4.69, 9.17) is 5.73 Å². The van der Waals surface area contributed by atoms with Crippen molar-refractivity contribution in [2.24, 2.45) is 23.5 Å². The van der Waals surface area contributed by atoms with Gasteiger partial charge in [-0.2, -0.15) is 0 Å². The van der Waals surface area contributed by atoms with Gasteiger partial charge in [-0.05, 0) is 44.6 Å². The number of hydrogen-bond acceptors (Lipinski definition) is 2. The lowest BCUT2D eigenvalue weighted by Crippen LogP contribution is -2.47. The zero-order valence-corrected chi connectivity index (χ0v) is 13.0. The van der Waals surface area contributed by atoms with Crippen molar-refractivity contribution in [3.05, 3.63) is 0 Å². The van der Waals surface area contributed by atoms with E-state index in [1.165, 1.54) is 12.8 Å². The quantitative estimate of drug-likeness (QED) is 0.707. The largest absolute Gasteiger partial charge is 0.329 e. The van der Waals surface area contributed by atoms with Gasteiger partial charge in [0, 0.05) is 18.6 Å². The van der Waals surface area contributed by atoms with Gasteiger partial charge in [0.25, 0.3) is 0 Å². The highest BCUT2D eigenvalue weighted by Gasteiger charge is 2.24. The molecule has 0 amide bonds. The fourth-order valence-corrected chi connectivity index (χ4v) is 2.88. The molecule has 0 rings (SSSR count). The lowest BCUT2D eigenvalue weighted by Gasteiger charge is -2.37. The molecule has 0 aromatic rings. The monoisotopic (exact) mass is 242 g/mol. The van der Waals surface area contributed by atoms with Crippen LogP contribution >= 0.6 is 0 Å². The summed E-state index contributed by atoms with van der Waals surface area (Å²) in [5.74, 6) is 2.19. The van der Waals surface area contributed by atoms with Crippen molar-refractivity contribution in [3.8, 4) is 0 Å². The van der Waals surface area contributed by atoms with Gasteiger partial charge >= 0.3 is 0 Å². The van der Waals surface area contributed by atoms with Crippen LogP contribution in [0.5, 0.6) is 0 Å². The Kier molecular flexibility index (Phi) is 8.06. The van der Waals surface area contributed by atoms with E-state index in [2.05, 4.69) is 53.5 Å². The average molecular weight is 242 g/mol. The Morgan fingerprint density at radius 1 is 0.882 bits per heavy atom. The van der Waals surface area contributed by atoms with Crippen molar-refractivity contribution in [1.29, 1.82) is 0 Å². The fraction of sp³-hybridized carbons (Fsp3) is 1.00. The Hall–Kier alpha value is -0.0800. The summed E-state index contributed by atoms with van der Waals surface area (Å²) in [5, 5.41) is 0. The number of rotatable bonds is 8. The molecule has 2 nitrogen and oxygen atoms in total. The minimum absolute atomic E-state index is 0.520. The summed E-state index contributed by atoms with van der Waals surface area (Å²) < 4.78 is 0. The van der Waals surface area contributed by atoms with E-state index >= 15 is 0 Å². The Bertz CT molecular complexity index is 189. The topological polar surface area (TPSA) is 29.3 Å². The highest BCUT2D eigenvalue weighted by molar-refractivity contribution is 4.80. The first-order valence-corrected chi connectivity index (χ1v) is 7.21. The second-order valence-corrected chi connectivity index (χ2v) is 6.55. The zero-order valence-electron chi connectivity index (χ0n) is 13.0. The summed E-state index contributed by atoms with van der Waals surface area (Å²) in [6.07, 6.45) is 2.52. The molecule has 0 aliphatic rings. The van der Waals surface area contributed by atoms with E-state index in [9.17, 15) is 0 Å². The van der Waals surface area contributed by atoms with Gasteiger partial charge in [-0.15, -0.1) is 0 Å². The van der Waals surface area contributed by atoms with Crippen LogP contribution in [0.2, 0.25) is 0 Å².